The van der Waals surface area contributed by atoms with E-state index in [0.29, 0.717) is 29.4 Å². The zero-order valence-electron chi connectivity index (χ0n) is 20.3. The van der Waals surface area contributed by atoms with Crippen LogP contribution in [0.3, 0.4) is 0 Å². The van der Waals surface area contributed by atoms with Crippen molar-refractivity contribution in [2.24, 2.45) is 0 Å². The van der Waals surface area contributed by atoms with Crippen LogP contribution in [-0.2, 0) is 21.2 Å². The number of carbonyl (C=O) groups excluding carboxylic acids is 1. The standard InChI is InChI=1S/C27H31ClN2O4S/c1-4-34-24-13-10-22(11-14-24)6-5-17-29-27(31)19-30(26-18-23(28)12-9-21(26)3)35(32,33)25-15-7-20(2)8-16-25/h7-16,18H,4-6,17,19H2,1-3H3,(H,29,31). The van der Waals surface area contributed by atoms with Crippen molar-refractivity contribution in [3.05, 3.63) is 88.4 Å². The SMILES string of the molecule is CCOc1ccc(CCCNC(=O)CN(c2cc(Cl)ccc2C)S(=O)(=O)c2ccc(C)cc2)cc1. The molecule has 0 aliphatic rings. The molecule has 3 aromatic carbocycles. The summed E-state index contributed by atoms with van der Waals surface area (Å²) < 4.78 is 33.6. The summed E-state index contributed by atoms with van der Waals surface area (Å²) in [5.41, 5.74) is 3.16. The molecule has 0 heterocycles. The molecule has 3 aromatic rings. The van der Waals surface area contributed by atoms with E-state index in [2.05, 4.69) is 5.32 Å². The molecule has 0 aliphatic heterocycles. The molecule has 0 aromatic heterocycles. The lowest BCUT2D eigenvalue weighted by Gasteiger charge is -2.26. The van der Waals surface area contributed by atoms with Crippen molar-refractivity contribution in [3.8, 4) is 5.75 Å². The van der Waals surface area contributed by atoms with Gasteiger partial charge in [0.25, 0.3) is 10.0 Å². The highest BCUT2D eigenvalue weighted by Crippen LogP contribution is 2.29. The van der Waals surface area contributed by atoms with Crippen molar-refractivity contribution in [2.45, 2.75) is 38.5 Å². The Bertz CT molecular complexity index is 1240. The third-order valence-electron chi connectivity index (χ3n) is 5.53. The maximum atomic E-state index is 13.5. The van der Waals surface area contributed by atoms with Crippen LogP contribution < -0.4 is 14.4 Å². The Hall–Kier alpha value is -3.03. The molecule has 0 unspecified atom stereocenters. The monoisotopic (exact) mass is 514 g/mol. The van der Waals surface area contributed by atoms with Gasteiger partial charge in [-0.2, -0.15) is 0 Å². The number of amides is 1. The van der Waals surface area contributed by atoms with E-state index >= 15 is 0 Å². The van der Waals surface area contributed by atoms with E-state index in [1.165, 1.54) is 0 Å². The molecule has 0 spiro atoms. The van der Waals surface area contributed by atoms with Gasteiger partial charge in [-0.1, -0.05) is 47.5 Å². The first-order valence-electron chi connectivity index (χ1n) is 11.5. The minimum atomic E-state index is -3.99. The molecular formula is C27H31ClN2O4S. The minimum absolute atomic E-state index is 0.116. The lowest BCUT2D eigenvalue weighted by molar-refractivity contribution is -0.119. The number of sulfonamides is 1. The Morgan fingerprint density at radius 3 is 2.34 bits per heavy atom. The summed E-state index contributed by atoms with van der Waals surface area (Å²) in [5, 5.41) is 3.24. The Morgan fingerprint density at radius 2 is 1.69 bits per heavy atom. The number of hydrogen-bond donors (Lipinski definition) is 1. The van der Waals surface area contributed by atoms with Crippen LogP contribution in [0.4, 0.5) is 5.69 Å². The first-order valence-corrected chi connectivity index (χ1v) is 13.4. The van der Waals surface area contributed by atoms with Crippen molar-refractivity contribution in [1.82, 2.24) is 5.32 Å². The summed E-state index contributed by atoms with van der Waals surface area (Å²) in [6.45, 7) is 6.32. The number of benzene rings is 3. The van der Waals surface area contributed by atoms with Crippen LogP contribution in [0.15, 0.2) is 71.6 Å². The fourth-order valence-corrected chi connectivity index (χ4v) is 5.26. The van der Waals surface area contributed by atoms with Crippen molar-refractivity contribution in [3.63, 3.8) is 0 Å². The number of nitrogens with one attached hydrogen (secondary N) is 1. The molecule has 0 atom stereocenters. The van der Waals surface area contributed by atoms with E-state index in [9.17, 15) is 13.2 Å². The highest BCUT2D eigenvalue weighted by Gasteiger charge is 2.28. The predicted molar refractivity (Wildman–Crippen MR) is 141 cm³/mol. The van der Waals surface area contributed by atoms with Crippen molar-refractivity contribution >= 4 is 33.2 Å². The normalized spacial score (nSPS) is 11.2. The average molecular weight is 515 g/mol. The molecule has 0 radical (unpaired) electrons. The van der Waals surface area contributed by atoms with E-state index in [0.717, 1.165) is 34.0 Å². The second-order valence-corrected chi connectivity index (χ2v) is 10.6. The van der Waals surface area contributed by atoms with Crippen molar-refractivity contribution in [2.75, 3.05) is 24.0 Å². The van der Waals surface area contributed by atoms with E-state index in [4.69, 9.17) is 16.3 Å². The summed E-state index contributed by atoms with van der Waals surface area (Å²) in [5.74, 6) is 0.447. The summed E-state index contributed by atoms with van der Waals surface area (Å²) in [6, 6.07) is 19.4. The van der Waals surface area contributed by atoms with Gasteiger partial charge >= 0.3 is 0 Å². The van der Waals surface area contributed by atoms with Gasteiger partial charge < -0.3 is 10.1 Å². The molecule has 0 saturated heterocycles. The number of halogens is 1. The average Bonchev–Trinajstić information content (AvgIpc) is 2.83. The molecule has 0 fully saturated rings. The van der Waals surface area contributed by atoms with Gasteiger partial charge in [-0.3, -0.25) is 9.10 Å². The third-order valence-corrected chi connectivity index (χ3v) is 7.54. The summed E-state index contributed by atoms with van der Waals surface area (Å²) in [4.78, 5) is 12.9. The predicted octanol–water partition coefficient (Wildman–Crippen LogP) is 5.30. The van der Waals surface area contributed by atoms with E-state index in [1.54, 1.807) is 49.4 Å². The second-order valence-electron chi connectivity index (χ2n) is 8.29. The Labute approximate surface area is 212 Å². The van der Waals surface area contributed by atoms with Gasteiger partial charge in [-0.15, -0.1) is 0 Å². The van der Waals surface area contributed by atoms with E-state index < -0.39 is 10.0 Å². The van der Waals surface area contributed by atoms with Gasteiger partial charge in [0.1, 0.15) is 12.3 Å². The molecule has 1 amide bonds. The van der Waals surface area contributed by atoms with Crippen LogP contribution >= 0.6 is 11.6 Å². The maximum absolute atomic E-state index is 13.5. The minimum Gasteiger partial charge on any atom is -0.494 e. The zero-order chi connectivity index (χ0) is 25.4. The number of aryl methyl sites for hydroxylation is 3. The van der Waals surface area contributed by atoms with Crippen LogP contribution in [0.1, 0.15) is 30.0 Å². The molecule has 8 heteroatoms. The molecular weight excluding hydrogens is 484 g/mol. The molecule has 6 nitrogen and oxygen atoms in total. The first-order chi connectivity index (χ1) is 16.7. The zero-order valence-corrected chi connectivity index (χ0v) is 21.8. The Kier molecular flexibility index (Phi) is 9.18. The lowest BCUT2D eigenvalue weighted by Crippen LogP contribution is -2.41. The van der Waals surface area contributed by atoms with Crippen molar-refractivity contribution in [1.29, 1.82) is 0 Å². The van der Waals surface area contributed by atoms with Gasteiger partial charge in [0.2, 0.25) is 5.91 Å². The third kappa shape index (κ3) is 7.23. The molecule has 1 N–H and O–H groups in total. The molecule has 186 valence electrons. The van der Waals surface area contributed by atoms with Gasteiger partial charge in [-0.05, 0) is 81.1 Å². The van der Waals surface area contributed by atoms with E-state index in [1.807, 2.05) is 38.1 Å². The fraction of sp³-hybridized carbons (Fsp3) is 0.296. The first kappa shape index (κ1) is 26.6. The molecule has 0 bridgehead atoms. The van der Waals surface area contributed by atoms with Crippen LogP contribution in [0.25, 0.3) is 0 Å². The second kappa shape index (κ2) is 12.1. The van der Waals surface area contributed by atoms with Crippen LogP contribution in [-0.4, -0.2) is 34.0 Å². The number of ether oxygens (including phenoxy) is 1. The Balaban J connectivity index is 1.69. The fourth-order valence-electron chi connectivity index (χ4n) is 3.61. The largest absolute Gasteiger partial charge is 0.494 e. The number of hydrogen-bond acceptors (Lipinski definition) is 4. The lowest BCUT2D eigenvalue weighted by atomic mass is 10.1. The van der Waals surface area contributed by atoms with Crippen LogP contribution in [0.2, 0.25) is 5.02 Å². The number of carbonyl (C=O) groups is 1. The van der Waals surface area contributed by atoms with Gasteiger partial charge in [0, 0.05) is 11.6 Å². The summed E-state index contributed by atoms with van der Waals surface area (Å²) in [7, 11) is -3.99. The van der Waals surface area contributed by atoms with Crippen molar-refractivity contribution < 1.29 is 17.9 Å². The van der Waals surface area contributed by atoms with Gasteiger partial charge in [-0.25, -0.2) is 8.42 Å². The number of anilines is 1. The number of rotatable bonds is 11. The number of nitrogens with zero attached hydrogens (tertiary/aromatic N) is 1. The molecule has 35 heavy (non-hydrogen) atoms. The van der Waals surface area contributed by atoms with Crippen LogP contribution in [0.5, 0.6) is 5.75 Å². The molecule has 0 saturated carbocycles. The van der Waals surface area contributed by atoms with Gasteiger partial charge in [0.15, 0.2) is 0 Å². The highest BCUT2D eigenvalue weighted by atomic mass is 35.5. The maximum Gasteiger partial charge on any atom is 0.264 e. The highest BCUT2D eigenvalue weighted by molar-refractivity contribution is 7.92. The topological polar surface area (TPSA) is 75.7 Å². The summed E-state index contributed by atoms with van der Waals surface area (Å²) >= 11 is 6.17. The van der Waals surface area contributed by atoms with Gasteiger partial charge in [0.05, 0.1) is 17.2 Å². The molecule has 3 rings (SSSR count). The van der Waals surface area contributed by atoms with Crippen LogP contribution in [0, 0.1) is 13.8 Å². The molecule has 0 aliphatic carbocycles. The summed E-state index contributed by atoms with van der Waals surface area (Å²) in [6.07, 6.45) is 1.51. The quantitative estimate of drug-likeness (QED) is 0.352. The van der Waals surface area contributed by atoms with E-state index in [-0.39, 0.29) is 17.3 Å². The Morgan fingerprint density at radius 1 is 1.00 bits per heavy atom. The smallest absolute Gasteiger partial charge is 0.264 e.